The van der Waals surface area contributed by atoms with Crippen LogP contribution in [-0.2, 0) is 15.8 Å². The largest absolute Gasteiger partial charge is 0.383 e. The van der Waals surface area contributed by atoms with Crippen molar-refractivity contribution in [1.29, 1.82) is 0 Å². The van der Waals surface area contributed by atoms with Gasteiger partial charge in [0.2, 0.25) is 5.91 Å². The summed E-state index contributed by atoms with van der Waals surface area (Å²) >= 11 is 6.04. The molecular formula is C23H26ClNO2. The van der Waals surface area contributed by atoms with Gasteiger partial charge in [0.25, 0.3) is 0 Å². The molecule has 2 aromatic carbocycles. The summed E-state index contributed by atoms with van der Waals surface area (Å²) in [7, 11) is 0. The summed E-state index contributed by atoms with van der Waals surface area (Å²) in [6.07, 6.45) is 5.78. The Morgan fingerprint density at radius 3 is 2.30 bits per heavy atom. The smallest absolute Gasteiger partial charge is 0.230 e. The van der Waals surface area contributed by atoms with Crippen molar-refractivity contribution in [2.24, 2.45) is 5.92 Å². The van der Waals surface area contributed by atoms with Gasteiger partial charge < -0.3 is 10.4 Å². The average molecular weight is 384 g/mol. The molecule has 1 unspecified atom stereocenters. The lowest BCUT2D eigenvalue weighted by atomic mass is 9.77. The Labute approximate surface area is 165 Å². The third-order valence-corrected chi connectivity index (χ3v) is 6.59. The lowest BCUT2D eigenvalue weighted by Gasteiger charge is -2.33. The minimum Gasteiger partial charge on any atom is -0.383 e. The van der Waals surface area contributed by atoms with E-state index < -0.39 is 11.0 Å². The lowest BCUT2D eigenvalue weighted by Crippen LogP contribution is -2.49. The molecule has 0 aromatic heterocycles. The van der Waals surface area contributed by atoms with E-state index in [4.69, 9.17) is 11.6 Å². The molecule has 1 atom stereocenters. The molecule has 2 fully saturated rings. The van der Waals surface area contributed by atoms with Gasteiger partial charge in [-0.05, 0) is 54.9 Å². The zero-order chi connectivity index (χ0) is 18.9. The molecule has 0 bridgehead atoms. The molecule has 4 heteroatoms. The fourth-order valence-electron chi connectivity index (χ4n) is 4.55. The first kappa shape index (κ1) is 18.5. The fourth-order valence-corrected chi connectivity index (χ4v) is 4.67. The fraction of sp³-hybridized carbons (Fsp3) is 0.435. The van der Waals surface area contributed by atoms with E-state index in [1.54, 1.807) is 0 Å². The number of carbonyl (C=O) groups is 1. The van der Waals surface area contributed by atoms with Crippen molar-refractivity contribution in [3.05, 3.63) is 70.7 Å². The van der Waals surface area contributed by atoms with Gasteiger partial charge in [-0.15, -0.1) is 0 Å². The summed E-state index contributed by atoms with van der Waals surface area (Å²) < 4.78 is 0. The molecule has 27 heavy (non-hydrogen) atoms. The monoisotopic (exact) mass is 383 g/mol. The van der Waals surface area contributed by atoms with Crippen LogP contribution in [0.2, 0.25) is 5.02 Å². The molecule has 4 rings (SSSR count). The van der Waals surface area contributed by atoms with Gasteiger partial charge in [0.1, 0.15) is 5.60 Å². The number of carbonyl (C=O) groups excluding carboxylic acids is 1. The normalized spacial score (nSPS) is 20.8. The van der Waals surface area contributed by atoms with Crippen molar-refractivity contribution >= 4 is 17.5 Å². The molecule has 0 saturated heterocycles. The Hall–Kier alpha value is -1.84. The third-order valence-electron chi connectivity index (χ3n) is 6.33. The average Bonchev–Trinajstić information content (AvgIpc) is 3.45. The Bertz CT molecular complexity index is 795. The van der Waals surface area contributed by atoms with E-state index in [9.17, 15) is 9.90 Å². The highest BCUT2D eigenvalue weighted by Gasteiger charge is 2.47. The Kier molecular flexibility index (Phi) is 5.00. The minimum absolute atomic E-state index is 0.0253. The van der Waals surface area contributed by atoms with Crippen molar-refractivity contribution < 1.29 is 9.90 Å². The zero-order valence-corrected chi connectivity index (χ0v) is 16.2. The summed E-state index contributed by atoms with van der Waals surface area (Å²) in [6.45, 7) is 0.260. The maximum Gasteiger partial charge on any atom is 0.230 e. The molecule has 0 spiro atoms. The minimum atomic E-state index is -0.989. The van der Waals surface area contributed by atoms with Gasteiger partial charge in [-0.3, -0.25) is 4.79 Å². The van der Waals surface area contributed by atoms with Crippen LogP contribution in [0.5, 0.6) is 0 Å². The second kappa shape index (κ2) is 7.29. The molecule has 142 valence electrons. The number of hydrogen-bond acceptors (Lipinski definition) is 2. The molecule has 3 nitrogen and oxygen atoms in total. The van der Waals surface area contributed by atoms with Gasteiger partial charge in [0, 0.05) is 5.02 Å². The predicted molar refractivity (Wildman–Crippen MR) is 108 cm³/mol. The van der Waals surface area contributed by atoms with E-state index in [1.165, 1.54) is 0 Å². The molecular weight excluding hydrogens is 358 g/mol. The highest BCUT2D eigenvalue weighted by atomic mass is 35.5. The molecule has 2 saturated carbocycles. The van der Waals surface area contributed by atoms with Crippen LogP contribution in [0.25, 0.3) is 0 Å². The quantitative estimate of drug-likeness (QED) is 0.767. The SMILES string of the molecule is O=C(NCC(O)(c1ccccc1)C1CC1)C1(c2ccc(Cl)cc2)CCCC1. The lowest BCUT2D eigenvalue weighted by molar-refractivity contribution is -0.128. The zero-order valence-electron chi connectivity index (χ0n) is 15.5. The molecule has 2 aromatic rings. The van der Waals surface area contributed by atoms with Crippen LogP contribution in [-0.4, -0.2) is 17.6 Å². The van der Waals surface area contributed by atoms with Gasteiger partial charge in [0.05, 0.1) is 12.0 Å². The Morgan fingerprint density at radius 1 is 1.07 bits per heavy atom. The van der Waals surface area contributed by atoms with Gasteiger partial charge in [-0.25, -0.2) is 0 Å². The van der Waals surface area contributed by atoms with Crippen LogP contribution in [0.1, 0.15) is 49.7 Å². The highest BCUT2D eigenvalue weighted by Crippen LogP contribution is 2.46. The van der Waals surface area contributed by atoms with Gasteiger partial charge in [-0.1, -0.05) is 66.9 Å². The molecule has 1 amide bonds. The Balaban J connectivity index is 1.55. The Morgan fingerprint density at radius 2 is 1.70 bits per heavy atom. The van der Waals surface area contributed by atoms with Gasteiger partial charge >= 0.3 is 0 Å². The van der Waals surface area contributed by atoms with Crippen molar-refractivity contribution in [3.8, 4) is 0 Å². The number of nitrogens with one attached hydrogen (secondary N) is 1. The third kappa shape index (κ3) is 3.51. The number of rotatable bonds is 6. The molecule has 2 aliphatic carbocycles. The van der Waals surface area contributed by atoms with Crippen LogP contribution < -0.4 is 5.32 Å². The van der Waals surface area contributed by atoms with Crippen molar-refractivity contribution in [3.63, 3.8) is 0 Å². The van der Waals surface area contributed by atoms with E-state index in [1.807, 2.05) is 54.6 Å². The van der Waals surface area contributed by atoms with Crippen LogP contribution in [0.3, 0.4) is 0 Å². The van der Waals surface area contributed by atoms with Crippen molar-refractivity contribution in [1.82, 2.24) is 5.32 Å². The summed E-state index contributed by atoms with van der Waals surface area (Å²) in [5.41, 5.74) is 0.416. The standard InChI is InChI=1S/C23H26ClNO2/c24-20-12-10-17(11-13-20)22(14-4-5-15-22)21(26)25-16-23(27,19-8-9-19)18-6-2-1-3-7-18/h1-3,6-7,10-13,19,27H,4-5,8-9,14-16H2,(H,25,26). The van der Waals surface area contributed by atoms with E-state index in [2.05, 4.69) is 5.32 Å². The van der Waals surface area contributed by atoms with Crippen molar-refractivity contribution in [2.75, 3.05) is 6.54 Å². The topological polar surface area (TPSA) is 49.3 Å². The summed E-state index contributed by atoms with van der Waals surface area (Å²) in [5.74, 6) is 0.243. The molecule has 2 N–H and O–H groups in total. The number of benzene rings is 2. The summed E-state index contributed by atoms with van der Waals surface area (Å²) in [5, 5.41) is 15.2. The van der Waals surface area contributed by atoms with E-state index >= 15 is 0 Å². The van der Waals surface area contributed by atoms with E-state index in [-0.39, 0.29) is 18.4 Å². The van der Waals surface area contributed by atoms with Crippen molar-refractivity contribution in [2.45, 2.75) is 49.5 Å². The first-order valence-electron chi connectivity index (χ1n) is 9.87. The van der Waals surface area contributed by atoms with E-state index in [0.717, 1.165) is 49.7 Å². The first-order chi connectivity index (χ1) is 13.0. The molecule has 0 radical (unpaired) electrons. The summed E-state index contributed by atoms with van der Waals surface area (Å²) in [6, 6.07) is 17.4. The number of aliphatic hydroxyl groups is 1. The second-order valence-corrected chi connectivity index (χ2v) is 8.48. The predicted octanol–water partition coefficient (Wildman–Crippen LogP) is 4.57. The van der Waals surface area contributed by atoms with Gasteiger partial charge in [-0.2, -0.15) is 0 Å². The number of halogens is 1. The maximum absolute atomic E-state index is 13.3. The van der Waals surface area contributed by atoms with Crippen LogP contribution >= 0.6 is 11.6 Å². The second-order valence-electron chi connectivity index (χ2n) is 8.04. The van der Waals surface area contributed by atoms with Gasteiger partial charge in [0.15, 0.2) is 0 Å². The van der Waals surface area contributed by atoms with Crippen LogP contribution in [0, 0.1) is 5.92 Å². The first-order valence-corrected chi connectivity index (χ1v) is 10.2. The molecule has 0 aliphatic heterocycles. The number of hydrogen-bond donors (Lipinski definition) is 2. The van der Waals surface area contributed by atoms with Crippen LogP contribution in [0.15, 0.2) is 54.6 Å². The maximum atomic E-state index is 13.3. The van der Waals surface area contributed by atoms with Crippen LogP contribution in [0.4, 0.5) is 0 Å². The number of amides is 1. The highest BCUT2D eigenvalue weighted by molar-refractivity contribution is 6.30. The molecule has 2 aliphatic rings. The van der Waals surface area contributed by atoms with E-state index in [0.29, 0.717) is 5.02 Å². The molecule has 0 heterocycles. The summed E-state index contributed by atoms with van der Waals surface area (Å²) in [4.78, 5) is 13.3.